The molecule has 106 valence electrons. The summed E-state index contributed by atoms with van der Waals surface area (Å²) in [6.45, 7) is 0.833. The van der Waals surface area contributed by atoms with Crippen LogP contribution in [0.2, 0.25) is 0 Å². The molecule has 1 aromatic rings. The van der Waals surface area contributed by atoms with Crippen LogP contribution in [-0.2, 0) is 15.9 Å². The summed E-state index contributed by atoms with van der Waals surface area (Å²) in [6.07, 6.45) is -0.205. The molecule has 6 nitrogen and oxygen atoms in total. The number of carbonyl (C=O) groups is 1. The van der Waals surface area contributed by atoms with Crippen molar-refractivity contribution >= 4 is 13.3 Å². The lowest BCUT2D eigenvalue weighted by Crippen LogP contribution is -2.35. The van der Waals surface area contributed by atoms with E-state index >= 15 is 0 Å². The highest BCUT2D eigenvalue weighted by molar-refractivity contribution is 7.57. The first-order valence-corrected chi connectivity index (χ1v) is 7.81. The summed E-state index contributed by atoms with van der Waals surface area (Å²) >= 11 is 0. The average Bonchev–Trinajstić information content (AvgIpc) is 2.30. The third-order valence-corrected chi connectivity index (χ3v) is 3.03. The number of carbonyl (C=O) groups excluding carboxylic acids is 1. The van der Waals surface area contributed by atoms with Crippen LogP contribution in [0.4, 0.5) is 4.39 Å². The number of halogens is 1. The van der Waals surface area contributed by atoms with E-state index in [1.54, 1.807) is 0 Å². The van der Waals surface area contributed by atoms with Crippen LogP contribution in [0.1, 0.15) is 5.56 Å². The number of hydroxylamine groups is 2. The van der Waals surface area contributed by atoms with Gasteiger partial charge in [-0.15, -0.1) is 0 Å². The molecule has 0 aliphatic heterocycles. The second kappa shape index (κ2) is 6.77. The van der Waals surface area contributed by atoms with Crippen molar-refractivity contribution in [3.05, 3.63) is 35.6 Å². The molecule has 1 atom stereocenters. The molecule has 3 N–H and O–H groups in total. The van der Waals surface area contributed by atoms with Crippen LogP contribution in [-0.4, -0.2) is 40.6 Å². The minimum absolute atomic E-state index is 0.0797. The summed E-state index contributed by atoms with van der Waals surface area (Å²) in [4.78, 5) is 20.5. The zero-order valence-corrected chi connectivity index (χ0v) is 11.3. The van der Waals surface area contributed by atoms with E-state index < -0.39 is 19.1 Å². The molecule has 19 heavy (non-hydrogen) atoms. The lowest BCUT2D eigenvalue weighted by Gasteiger charge is -2.15. The van der Waals surface area contributed by atoms with Gasteiger partial charge in [0.1, 0.15) is 5.82 Å². The van der Waals surface area contributed by atoms with Gasteiger partial charge >= 0.3 is 0 Å². The van der Waals surface area contributed by atoms with Crippen molar-refractivity contribution in [3.8, 4) is 0 Å². The monoisotopic (exact) mass is 290 g/mol. The first-order valence-electron chi connectivity index (χ1n) is 5.51. The maximum absolute atomic E-state index is 12.7. The highest BCUT2D eigenvalue weighted by Gasteiger charge is 2.14. The normalized spacial score (nSPS) is 13.9. The van der Waals surface area contributed by atoms with Gasteiger partial charge in [-0.25, -0.2) is 9.45 Å². The third kappa shape index (κ3) is 6.45. The fourth-order valence-electron chi connectivity index (χ4n) is 1.31. The fourth-order valence-corrected chi connectivity index (χ4v) is 1.84. The highest BCUT2D eigenvalue weighted by Crippen LogP contribution is 2.32. The molecule has 0 radical (unpaired) electrons. The molecule has 0 saturated carbocycles. The van der Waals surface area contributed by atoms with Crippen LogP contribution >= 0.6 is 7.37 Å². The number of hydrogen-bond acceptors (Lipinski definition) is 4. The number of rotatable bonds is 6. The van der Waals surface area contributed by atoms with E-state index in [-0.39, 0.29) is 19.4 Å². The Labute approximate surface area is 110 Å². The zero-order valence-electron chi connectivity index (χ0n) is 10.4. The summed E-state index contributed by atoms with van der Waals surface area (Å²) in [5.74, 6) is -1.04. The number of amides is 1. The standard InChI is InChI=1S/C11H16FN2O4P/c1-19(17,18)8-13-6-11(15)14(16)7-9-2-4-10(12)5-3-9/h2-5,13,16H,6-8H2,1H3,(H,17,18). The number of hydrogen-bond donors (Lipinski definition) is 3. The second-order valence-electron chi connectivity index (χ2n) is 4.21. The molecular weight excluding hydrogens is 274 g/mol. The molecule has 0 aliphatic carbocycles. The van der Waals surface area contributed by atoms with Gasteiger partial charge in [0.05, 0.1) is 19.4 Å². The Morgan fingerprint density at radius 3 is 2.53 bits per heavy atom. The lowest BCUT2D eigenvalue weighted by molar-refractivity contribution is -0.166. The molecular formula is C11H16FN2O4P. The van der Waals surface area contributed by atoms with Crippen LogP contribution in [0.15, 0.2) is 24.3 Å². The van der Waals surface area contributed by atoms with Gasteiger partial charge in [0.25, 0.3) is 5.91 Å². The van der Waals surface area contributed by atoms with Gasteiger partial charge in [-0.2, -0.15) is 0 Å². The predicted molar refractivity (Wildman–Crippen MR) is 67.4 cm³/mol. The zero-order chi connectivity index (χ0) is 14.5. The molecule has 0 aliphatic rings. The van der Waals surface area contributed by atoms with E-state index in [1.165, 1.54) is 30.9 Å². The first-order chi connectivity index (χ1) is 8.78. The summed E-state index contributed by atoms with van der Waals surface area (Å²) < 4.78 is 23.6. The quantitative estimate of drug-likeness (QED) is 0.413. The third-order valence-electron chi connectivity index (χ3n) is 2.21. The van der Waals surface area contributed by atoms with Crippen LogP contribution in [0.3, 0.4) is 0 Å². The van der Waals surface area contributed by atoms with Crippen molar-refractivity contribution in [2.75, 3.05) is 19.5 Å². The van der Waals surface area contributed by atoms with Gasteiger partial charge in [0.15, 0.2) is 0 Å². The minimum atomic E-state index is -3.23. The van der Waals surface area contributed by atoms with E-state index in [4.69, 9.17) is 4.89 Å². The summed E-state index contributed by atoms with van der Waals surface area (Å²) in [7, 11) is -3.23. The van der Waals surface area contributed by atoms with E-state index in [9.17, 15) is 19.0 Å². The topological polar surface area (TPSA) is 89.9 Å². The van der Waals surface area contributed by atoms with E-state index in [0.29, 0.717) is 10.6 Å². The van der Waals surface area contributed by atoms with Gasteiger partial charge in [-0.05, 0) is 17.7 Å². The van der Waals surface area contributed by atoms with E-state index in [2.05, 4.69) is 5.32 Å². The SMILES string of the molecule is CP(=O)(O)CNCC(=O)N(O)Cc1ccc(F)cc1. The Morgan fingerprint density at radius 1 is 1.42 bits per heavy atom. The smallest absolute Gasteiger partial charge is 0.260 e. The van der Waals surface area contributed by atoms with E-state index in [1.807, 2.05) is 0 Å². The summed E-state index contributed by atoms with van der Waals surface area (Å²) in [5.41, 5.74) is 0.570. The number of benzene rings is 1. The Bertz CT molecular complexity index is 474. The second-order valence-corrected chi connectivity index (χ2v) is 6.63. The van der Waals surface area contributed by atoms with Crippen LogP contribution in [0, 0.1) is 5.82 Å². The molecule has 1 amide bonds. The molecule has 1 aromatic carbocycles. The van der Waals surface area contributed by atoms with Crippen molar-refractivity contribution in [2.24, 2.45) is 0 Å². The Morgan fingerprint density at radius 2 is 2.00 bits per heavy atom. The summed E-state index contributed by atoms with van der Waals surface area (Å²) in [6, 6.07) is 5.36. The fraction of sp³-hybridized carbons (Fsp3) is 0.364. The van der Waals surface area contributed by atoms with Crippen molar-refractivity contribution in [1.82, 2.24) is 10.4 Å². The van der Waals surface area contributed by atoms with Crippen molar-refractivity contribution in [3.63, 3.8) is 0 Å². The molecule has 0 spiro atoms. The van der Waals surface area contributed by atoms with Crippen LogP contribution in [0.5, 0.6) is 0 Å². The van der Waals surface area contributed by atoms with Crippen LogP contribution < -0.4 is 5.32 Å². The van der Waals surface area contributed by atoms with Crippen LogP contribution in [0.25, 0.3) is 0 Å². The maximum Gasteiger partial charge on any atom is 0.260 e. The maximum atomic E-state index is 12.7. The molecule has 8 heteroatoms. The van der Waals surface area contributed by atoms with Gasteiger partial charge in [0.2, 0.25) is 7.37 Å². The van der Waals surface area contributed by atoms with Gasteiger partial charge < -0.3 is 4.89 Å². The predicted octanol–water partition coefficient (Wildman–Crippen LogP) is 0.991. The Hall–Kier alpha value is -1.27. The highest BCUT2D eigenvalue weighted by atomic mass is 31.2. The molecule has 1 rings (SSSR count). The van der Waals surface area contributed by atoms with Crippen molar-refractivity contribution < 1.29 is 23.9 Å². The molecule has 0 aromatic heterocycles. The van der Waals surface area contributed by atoms with Gasteiger partial charge in [0, 0.05) is 6.66 Å². The average molecular weight is 290 g/mol. The Balaban J connectivity index is 2.40. The summed E-state index contributed by atoms with van der Waals surface area (Å²) in [5, 5.41) is 12.4. The van der Waals surface area contributed by atoms with Crippen molar-refractivity contribution in [1.29, 1.82) is 0 Å². The molecule has 0 saturated heterocycles. The van der Waals surface area contributed by atoms with Gasteiger partial charge in [-0.3, -0.25) is 19.9 Å². The number of nitrogens with zero attached hydrogens (tertiary/aromatic N) is 1. The van der Waals surface area contributed by atoms with Crippen molar-refractivity contribution in [2.45, 2.75) is 6.54 Å². The molecule has 0 bridgehead atoms. The lowest BCUT2D eigenvalue weighted by atomic mass is 10.2. The Kier molecular flexibility index (Phi) is 5.62. The number of nitrogens with one attached hydrogen (secondary N) is 1. The molecule has 0 fully saturated rings. The molecule has 1 unspecified atom stereocenters. The molecule has 0 heterocycles. The minimum Gasteiger partial charge on any atom is -0.344 e. The van der Waals surface area contributed by atoms with Gasteiger partial charge in [-0.1, -0.05) is 12.1 Å². The first kappa shape index (κ1) is 15.8. The largest absolute Gasteiger partial charge is 0.344 e. The van der Waals surface area contributed by atoms with E-state index in [0.717, 1.165) is 0 Å².